The maximum Gasteiger partial charge on any atom is 0.189 e. The second-order valence-electron chi connectivity index (χ2n) is 6.77. The molecule has 0 spiro atoms. The van der Waals surface area contributed by atoms with Gasteiger partial charge in [-0.3, -0.25) is 4.79 Å². The Morgan fingerprint density at radius 3 is 1.39 bits per heavy atom. The van der Waals surface area contributed by atoms with Crippen LogP contribution in [0.25, 0.3) is 5.76 Å². The molecule has 0 atom stereocenters. The number of para-hydroxylation sites is 2. The molecule has 4 rings (SSSR count). The van der Waals surface area contributed by atoms with Gasteiger partial charge in [-0.2, -0.15) is 0 Å². The molecule has 31 heavy (non-hydrogen) atoms. The van der Waals surface area contributed by atoms with Crippen LogP contribution in [-0.2, 0) is 0 Å². The van der Waals surface area contributed by atoms with Crippen molar-refractivity contribution in [2.75, 3.05) is 0 Å². The van der Waals surface area contributed by atoms with Gasteiger partial charge in [-0.05, 0) is 72.8 Å². The van der Waals surface area contributed by atoms with E-state index in [9.17, 15) is 9.90 Å². The van der Waals surface area contributed by atoms with E-state index in [4.69, 9.17) is 9.47 Å². The van der Waals surface area contributed by atoms with Crippen molar-refractivity contribution in [1.29, 1.82) is 0 Å². The number of rotatable bonds is 7. The van der Waals surface area contributed by atoms with Gasteiger partial charge in [0, 0.05) is 17.2 Å². The average molecular weight is 408 g/mol. The number of ketones is 1. The molecule has 0 heterocycles. The largest absolute Gasteiger partial charge is 0.507 e. The topological polar surface area (TPSA) is 55.8 Å². The smallest absolute Gasteiger partial charge is 0.189 e. The Kier molecular flexibility index (Phi) is 6.10. The number of benzene rings is 4. The molecule has 0 fully saturated rings. The van der Waals surface area contributed by atoms with E-state index in [1.54, 1.807) is 48.5 Å². The molecule has 0 saturated heterocycles. The summed E-state index contributed by atoms with van der Waals surface area (Å²) >= 11 is 0. The molecule has 0 radical (unpaired) electrons. The van der Waals surface area contributed by atoms with Gasteiger partial charge in [0.25, 0.3) is 0 Å². The van der Waals surface area contributed by atoms with Gasteiger partial charge in [-0.25, -0.2) is 0 Å². The van der Waals surface area contributed by atoms with Gasteiger partial charge in [0.1, 0.15) is 28.8 Å². The van der Waals surface area contributed by atoms with E-state index in [0.29, 0.717) is 22.6 Å². The summed E-state index contributed by atoms with van der Waals surface area (Å²) in [6, 6.07) is 32.5. The molecule has 4 nitrogen and oxygen atoms in total. The first-order valence-corrected chi connectivity index (χ1v) is 9.79. The summed E-state index contributed by atoms with van der Waals surface area (Å²) in [5.41, 5.74) is 0.980. The van der Waals surface area contributed by atoms with Crippen LogP contribution in [0, 0.1) is 0 Å². The van der Waals surface area contributed by atoms with Gasteiger partial charge in [-0.1, -0.05) is 36.4 Å². The normalized spacial score (nSPS) is 11.0. The lowest BCUT2D eigenvalue weighted by Gasteiger charge is -2.07. The standard InChI is InChI=1S/C27H20O4/c28-26(20-11-15-24(16-12-20)30-22-7-3-1-4-8-22)19-27(29)21-13-17-25(18-14-21)31-23-9-5-2-6-10-23/h1-19,28H/b26-19-. The van der Waals surface area contributed by atoms with Gasteiger partial charge in [0.05, 0.1) is 0 Å². The number of hydrogen-bond donors (Lipinski definition) is 1. The molecule has 4 heteroatoms. The van der Waals surface area contributed by atoms with Crippen LogP contribution in [0.2, 0.25) is 0 Å². The first-order valence-electron chi connectivity index (χ1n) is 9.79. The van der Waals surface area contributed by atoms with Crippen LogP contribution in [0.3, 0.4) is 0 Å². The minimum absolute atomic E-state index is 0.110. The van der Waals surface area contributed by atoms with Crippen LogP contribution in [0.15, 0.2) is 115 Å². The predicted octanol–water partition coefficient (Wildman–Crippen LogP) is 7.05. The predicted molar refractivity (Wildman–Crippen MR) is 121 cm³/mol. The van der Waals surface area contributed by atoms with Crippen molar-refractivity contribution < 1.29 is 19.4 Å². The summed E-state index contributed by atoms with van der Waals surface area (Å²) < 4.78 is 11.5. The Bertz CT molecular complexity index is 1160. The Hall–Kier alpha value is -4.31. The maximum atomic E-state index is 12.5. The van der Waals surface area contributed by atoms with Gasteiger partial charge < -0.3 is 14.6 Å². The van der Waals surface area contributed by atoms with Crippen LogP contribution in [0.1, 0.15) is 15.9 Å². The van der Waals surface area contributed by atoms with Gasteiger partial charge in [-0.15, -0.1) is 0 Å². The number of carbonyl (C=O) groups is 1. The highest BCUT2D eigenvalue weighted by molar-refractivity contribution is 6.07. The molecule has 1 N–H and O–H groups in total. The molecule has 0 aliphatic carbocycles. The molecule has 4 aromatic carbocycles. The van der Waals surface area contributed by atoms with Crippen molar-refractivity contribution in [3.05, 3.63) is 126 Å². The first-order chi connectivity index (χ1) is 15.2. The highest BCUT2D eigenvalue weighted by Crippen LogP contribution is 2.24. The lowest BCUT2D eigenvalue weighted by molar-refractivity contribution is 0.104. The number of allylic oxidation sites excluding steroid dienone is 1. The lowest BCUT2D eigenvalue weighted by atomic mass is 10.1. The zero-order valence-corrected chi connectivity index (χ0v) is 16.6. The number of aliphatic hydroxyl groups is 1. The molecule has 0 amide bonds. The summed E-state index contributed by atoms with van der Waals surface area (Å²) in [6.45, 7) is 0. The zero-order chi connectivity index (χ0) is 21.5. The Morgan fingerprint density at radius 1 is 0.548 bits per heavy atom. The second-order valence-corrected chi connectivity index (χ2v) is 6.77. The highest BCUT2D eigenvalue weighted by Gasteiger charge is 2.08. The average Bonchev–Trinajstić information content (AvgIpc) is 2.81. The molecule has 0 aliphatic heterocycles. The van der Waals surface area contributed by atoms with Crippen LogP contribution in [0.5, 0.6) is 23.0 Å². The van der Waals surface area contributed by atoms with Crippen LogP contribution < -0.4 is 9.47 Å². The van der Waals surface area contributed by atoms with Crippen molar-refractivity contribution in [3.63, 3.8) is 0 Å². The van der Waals surface area contributed by atoms with Gasteiger partial charge in [0.2, 0.25) is 0 Å². The van der Waals surface area contributed by atoms with Crippen molar-refractivity contribution in [2.45, 2.75) is 0 Å². The lowest BCUT2D eigenvalue weighted by Crippen LogP contribution is -1.97. The Labute approximate surface area is 180 Å². The van der Waals surface area contributed by atoms with E-state index in [1.165, 1.54) is 6.08 Å². The van der Waals surface area contributed by atoms with E-state index in [2.05, 4.69) is 0 Å². The molecule has 4 aromatic rings. The van der Waals surface area contributed by atoms with E-state index < -0.39 is 0 Å². The zero-order valence-electron chi connectivity index (χ0n) is 16.6. The number of aliphatic hydroxyl groups excluding tert-OH is 1. The summed E-state index contributed by atoms with van der Waals surface area (Å²) in [7, 11) is 0. The summed E-state index contributed by atoms with van der Waals surface area (Å²) in [5.74, 6) is 2.31. The van der Waals surface area contributed by atoms with E-state index in [0.717, 1.165) is 11.5 Å². The summed E-state index contributed by atoms with van der Waals surface area (Å²) in [6.07, 6.45) is 1.21. The van der Waals surface area contributed by atoms with Crippen LogP contribution >= 0.6 is 0 Å². The summed E-state index contributed by atoms with van der Waals surface area (Å²) in [5, 5.41) is 10.4. The molecule has 0 unspecified atom stereocenters. The van der Waals surface area contributed by atoms with E-state index in [-0.39, 0.29) is 11.5 Å². The number of carbonyl (C=O) groups excluding carboxylic acids is 1. The van der Waals surface area contributed by atoms with Crippen molar-refractivity contribution in [3.8, 4) is 23.0 Å². The molecule has 0 aromatic heterocycles. The quantitative estimate of drug-likeness (QED) is 0.202. The molecule has 152 valence electrons. The summed E-state index contributed by atoms with van der Waals surface area (Å²) in [4.78, 5) is 12.5. The van der Waals surface area contributed by atoms with Crippen LogP contribution in [0.4, 0.5) is 0 Å². The molecular formula is C27H20O4. The first kappa shape index (κ1) is 20.0. The van der Waals surface area contributed by atoms with Crippen molar-refractivity contribution >= 4 is 11.5 Å². The minimum atomic E-state index is -0.298. The van der Waals surface area contributed by atoms with Gasteiger partial charge in [0.15, 0.2) is 5.78 Å². The van der Waals surface area contributed by atoms with Gasteiger partial charge >= 0.3 is 0 Å². The molecule has 0 saturated carbocycles. The second kappa shape index (κ2) is 9.46. The fourth-order valence-corrected chi connectivity index (χ4v) is 2.92. The SMILES string of the molecule is O=C(/C=C(\O)c1ccc(Oc2ccccc2)cc1)c1ccc(Oc2ccccc2)cc1. The molecular weight excluding hydrogens is 388 g/mol. The third-order valence-electron chi connectivity index (χ3n) is 4.51. The third-order valence-corrected chi connectivity index (χ3v) is 4.51. The highest BCUT2D eigenvalue weighted by atomic mass is 16.5. The maximum absolute atomic E-state index is 12.5. The molecule has 0 bridgehead atoms. The monoisotopic (exact) mass is 408 g/mol. The third kappa shape index (κ3) is 5.40. The number of ether oxygens (including phenoxy) is 2. The van der Waals surface area contributed by atoms with E-state index >= 15 is 0 Å². The van der Waals surface area contributed by atoms with Crippen molar-refractivity contribution in [1.82, 2.24) is 0 Å². The fraction of sp³-hybridized carbons (Fsp3) is 0. The fourth-order valence-electron chi connectivity index (χ4n) is 2.92. The van der Waals surface area contributed by atoms with Crippen LogP contribution in [-0.4, -0.2) is 10.9 Å². The Morgan fingerprint density at radius 2 is 0.935 bits per heavy atom. The molecule has 0 aliphatic rings. The number of hydrogen-bond acceptors (Lipinski definition) is 4. The Balaban J connectivity index is 1.41. The van der Waals surface area contributed by atoms with E-state index in [1.807, 2.05) is 60.7 Å². The minimum Gasteiger partial charge on any atom is -0.507 e. The van der Waals surface area contributed by atoms with Crippen molar-refractivity contribution in [2.24, 2.45) is 0 Å².